The molecule has 0 aliphatic rings. The van der Waals surface area contributed by atoms with E-state index in [9.17, 15) is 0 Å². The normalized spacial score (nSPS) is 14.2. The first kappa shape index (κ1) is 13.0. The van der Waals surface area contributed by atoms with Crippen LogP contribution in [-0.4, -0.2) is 12.1 Å². The van der Waals surface area contributed by atoms with E-state index in [4.69, 9.17) is 22.2 Å². The van der Waals surface area contributed by atoms with Crippen LogP contribution in [0, 0.1) is 0 Å². The zero-order valence-electron chi connectivity index (χ0n) is 9.53. The number of hydrogen-bond donors (Lipinski definition) is 2. The van der Waals surface area contributed by atoms with Gasteiger partial charge in [-0.2, -0.15) is 0 Å². The van der Waals surface area contributed by atoms with Crippen molar-refractivity contribution in [1.29, 1.82) is 0 Å². The third-order valence-corrected chi connectivity index (χ3v) is 2.53. The van der Waals surface area contributed by atoms with Gasteiger partial charge in [0, 0.05) is 5.02 Å². The summed E-state index contributed by atoms with van der Waals surface area (Å²) < 4.78 is 5.72. The molecule has 2 unspecified atom stereocenters. The third-order valence-electron chi connectivity index (χ3n) is 2.30. The van der Waals surface area contributed by atoms with Crippen LogP contribution in [0.2, 0.25) is 5.02 Å². The van der Waals surface area contributed by atoms with Crippen LogP contribution < -0.4 is 16.0 Å². The molecule has 16 heavy (non-hydrogen) atoms. The first-order valence-electron chi connectivity index (χ1n) is 5.08. The van der Waals surface area contributed by atoms with Crippen LogP contribution in [0.3, 0.4) is 0 Å². The van der Waals surface area contributed by atoms with Gasteiger partial charge < -0.3 is 4.74 Å². The summed E-state index contributed by atoms with van der Waals surface area (Å²) in [4.78, 5) is 0. The van der Waals surface area contributed by atoms with E-state index in [0.717, 1.165) is 11.3 Å². The summed E-state index contributed by atoms with van der Waals surface area (Å²) in [5.74, 6) is 6.16. The van der Waals surface area contributed by atoms with Gasteiger partial charge in [-0.3, -0.25) is 5.84 Å². The summed E-state index contributed by atoms with van der Waals surface area (Å²) >= 11 is 5.87. The molecule has 88 valence electrons. The molecule has 3 nitrogen and oxygen atoms in total. The van der Waals surface area contributed by atoms with Crippen molar-refractivity contribution < 1.29 is 4.74 Å². The summed E-state index contributed by atoms with van der Waals surface area (Å²) in [7, 11) is 0. The molecule has 0 radical (unpaired) electrons. The van der Waals surface area contributed by atoms with Crippen LogP contribution in [0.1, 0.15) is 13.8 Å². The first-order valence-corrected chi connectivity index (χ1v) is 5.46. The van der Waals surface area contributed by atoms with Crippen LogP contribution in [0.4, 0.5) is 0 Å². The Hall–Kier alpha value is -1.03. The molecular weight excluding hydrogens is 224 g/mol. The second-order valence-corrected chi connectivity index (χ2v) is 4.21. The maximum Gasteiger partial charge on any atom is 0.121 e. The van der Waals surface area contributed by atoms with Gasteiger partial charge in [0.2, 0.25) is 0 Å². The maximum atomic E-state index is 5.87. The van der Waals surface area contributed by atoms with Gasteiger partial charge in [0.25, 0.3) is 0 Å². The van der Waals surface area contributed by atoms with Gasteiger partial charge in [-0.25, -0.2) is 5.43 Å². The number of nitrogens with one attached hydrogen (secondary N) is 1. The van der Waals surface area contributed by atoms with Crippen molar-refractivity contribution in [3.63, 3.8) is 0 Å². The lowest BCUT2D eigenvalue weighted by Crippen LogP contribution is -2.45. The van der Waals surface area contributed by atoms with Crippen LogP contribution >= 0.6 is 11.6 Å². The summed E-state index contributed by atoms with van der Waals surface area (Å²) in [6.45, 7) is 7.69. The highest BCUT2D eigenvalue weighted by atomic mass is 35.5. The molecule has 0 fully saturated rings. The predicted molar refractivity (Wildman–Crippen MR) is 67.5 cm³/mol. The molecule has 0 spiro atoms. The monoisotopic (exact) mass is 240 g/mol. The van der Waals surface area contributed by atoms with E-state index in [1.54, 1.807) is 12.1 Å². The van der Waals surface area contributed by atoms with E-state index in [-0.39, 0.29) is 12.1 Å². The number of benzene rings is 1. The summed E-state index contributed by atoms with van der Waals surface area (Å²) in [5, 5.41) is 0.650. The molecule has 1 aromatic carbocycles. The zero-order valence-corrected chi connectivity index (χ0v) is 10.3. The molecule has 0 bridgehead atoms. The number of ether oxygens (including phenoxy) is 1. The molecule has 0 aliphatic carbocycles. The Morgan fingerprint density at radius 1 is 1.56 bits per heavy atom. The molecule has 3 N–H and O–H groups in total. The van der Waals surface area contributed by atoms with E-state index in [2.05, 4.69) is 12.0 Å². The van der Waals surface area contributed by atoms with E-state index in [1.807, 2.05) is 26.0 Å². The van der Waals surface area contributed by atoms with Crippen LogP contribution in [0.15, 0.2) is 36.4 Å². The Balaban J connectivity index is 2.69. The van der Waals surface area contributed by atoms with Crippen molar-refractivity contribution in [1.82, 2.24) is 5.43 Å². The summed E-state index contributed by atoms with van der Waals surface area (Å²) in [6, 6.07) is 7.18. The number of hydrogen-bond acceptors (Lipinski definition) is 3. The van der Waals surface area contributed by atoms with Crippen LogP contribution in [-0.2, 0) is 0 Å². The average Bonchev–Trinajstić information content (AvgIpc) is 2.17. The maximum absolute atomic E-state index is 5.87. The molecule has 0 amide bonds. The van der Waals surface area contributed by atoms with Gasteiger partial charge >= 0.3 is 0 Å². The minimum atomic E-state index is -0.110. The van der Waals surface area contributed by atoms with E-state index in [1.165, 1.54) is 0 Å². The zero-order chi connectivity index (χ0) is 12.1. The summed E-state index contributed by atoms with van der Waals surface area (Å²) in [5.41, 5.74) is 3.61. The average molecular weight is 241 g/mol. The molecule has 4 heteroatoms. The van der Waals surface area contributed by atoms with E-state index < -0.39 is 0 Å². The third kappa shape index (κ3) is 3.52. The molecule has 2 atom stereocenters. The van der Waals surface area contributed by atoms with Crippen molar-refractivity contribution >= 4 is 11.6 Å². The molecule has 0 saturated carbocycles. The van der Waals surface area contributed by atoms with Gasteiger partial charge in [-0.15, -0.1) is 0 Å². The molecule has 1 aromatic rings. The fourth-order valence-electron chi connectivity index (χ4n) is 1.50. The highest BCUT2D eigenvalue weighted by molar-refractivity contribution is 6.30. The highest BCUT2D eigenvalue weighted by Crippen LogP contribution is 2.19. The molecule has 1 rings (SSSR count). The lowest BCUT2D eigenvalue weighted by atomic mass is 10.1. The van der Waals surface area contributed by atoms with Crippen LogP contribution in [0.5, 0.6) is 5.75 Å². The Morgan fingerprint density at radius 2 is 2.25 bits per heavy atom. The van der Waals surface area contributed by atoms with E-state index >= 15 is 0 Å². The van der Waals surface area contributed by atoms with Crippen molar-refractivity contribution in [2.24, 2.45) is 5.84 Å². The minimum absolute atomic E-state index is 0.0843. The predicted octanol–water partition coefficient (Wildman–Crippen LogP) is 2.52. The van der Waals surface area contributed by atoms with Crippen LogP contribution in [0.25, 0.3) is 0 Å². The van der Waals surface area contributed by atoms with Gasteiger partial charge in [0.1, 0.15) is 11.9 Å². The Labute approximate surface area is 101 Å². The second-order valence-electron chi connectivity index (χ2n) is 3.77. The minimum Gasteiger partial charge on any atom is -0.489 e. The lowest BCUT2D eigenvalue weighted by Gasteiger charge is -2.24. The highest BCUT2D eigenvalue weighted by Gasteiger charge is 2.17. The number of rotatable bonds is 5. The van der Waals surface area contributed by atoms with Gasteiger partial charge in [-0.05, 0) is 32.0 Å². The smallest absolute Gasteiger partial charge is 0.121 e. The molecular formula is C12H17ClN2O. The fourth-order valence-corrected chi connectivity index (χ4v) is 1.68. The number of halogens is 1. The quantitative estimate of drug-likeness (QED) is 0.472. The largest absolute Gasteiger partial charge is 0.489 e. The van der Waals surface area contributed by atoms with Gasteiger partial charge in [0.05, 0.1) is 6.04 Å². The van der Waals surface area contributed by atoms with Crippen molar-refractivity contribution in [3.8, 4) is 5.75 Å². The fraction of sp³-hybridized carbons (Fsp3) is 0.333. The lowest BCUT2D eigenvalue weighted by molar-refractivity contribution is 0.185. The molecule has 0 heterocycles. The molecule has 0 aliphatic heterocycles. The SMILES string of the molecule is C=C(C)C(NN)C(C)Oc1cccc(Cl)c1. The Bertz CT molecular complexity index is 368. The Morgan fingerprint density at radius 3 is 2.75 bits per heavy atom. The topological polar surface area (TPSA) is 47.3 Å². The van der Waals surface area contributed by atoms with E-state index in [0.29, 0.717) is 5.02 Å². The van der Waals surface area contributed by atoms with Gasteiger partial charge in [-0.1, -0.05) is 29.8 Å². The standard InChI is InChI=1S/C12H17ClN2O/c1-8(2)12(15-14)9(3)16-11-6-4-5-10(13)7-11/h4-7,9,12,15H,1,14H2,2-3H3. The number of hydrazine groups is 1. The van der Waals surface area contributed by atoms with Crippen molar-refractivity contribution in [2.45, 2.75) is 26.0 Å². The Kier molecular flexibility index (Phi) is 4.80. The second kappa shape index (κ2) is 5.89. The molecule has 0 aromatic heterocycles. The summed E-state index contributed by atoms with van der Waals surface area (Å²) in [6.07, 6.45) is -0.110. The van der Waals surface area contributed by atoms with Gasteiger partial charge in [0.15, 0.2) is 0 Å². The van der Waals surface area contributed by atoms with Crippen molar-refractivity contribution in [2.75, 3.05) is 0 Å². The first-order chi connectivity index (χ1) is 7.54. The number of nitrogens with two attached hydrogens (primary N) is 1. The van der Waals surface area contributed by atoms with Crippen molar-refractivity contribution in [3.05, 3.63) is 41.4 Å². The molecule has 0 saturated heterocycles.